The van der Waals surface area contributed by atoms with Gasteiger partial charge in [-0.1, -0.05) is 18.2 Å². The molecular formula is C17H21N5O2. The molecule has 2 aliphatic rings. The molecule has 0 radical (unpaired) electrons. The summed E-state index contributed by atoms with van der Waals surface area (Å²) in [4.78, 5) is 16.1. The first-order valence-electron chi connectivity index (χ1n) is 8.44. The van der Waals surface area contributed by atoms with Crippen molar-refractivity contribution in [3.05, 3.63) is 36.2 Å². The Hall–Kier alpha value is -2.41. The van der Waals surface area contributed by atoms with Gasteiger partial charge in [0.1, 0.15) is 0 Å². The summed E-state index contributed by atoms with van der Waals surface area (Å²) in [6.07, 6.45) is 2.14. The molecule has 1 aromatic carbocycles. The van der Waals surface area contributed by atoms with Crippen LogP contribution < -0.4 is 5.32 Å². The van der Waals surface area contributed by atoms with Crippen LogP contribution in [0.25, 0.3) is 11.5 Å². The average molecular weight is 327 g/mol. The van der Waals surface area contributed by atoms with Gasteiger partial charge in [0.25, 0.3) is 0 Å². The van der Waals surface area contributed by atoms with Crippen molar-refractivity contribution in [1.82, 2.24) is 25.3 Å². The smallest absolute Gasteiger partial charge is 0.317 e. The Morgan fingerprint density at radius 3 is 2.88 bits per heavy atom. The van der Waals surface area contributed by atoms with Crippen LogP contribution >= 0.6 is 0 Å². The molecule has 3 heterocycles. The Balaban J connectivity index is 1.40. The molecule has 2 fully saturated rings. The van der Waals surface area contributed by atoms with E-state index in [0.29, 0.717) is 18.3 Å². The van der Waals surface area contributed by atoms with Crippen LogP contribution in [-0.2, 0) is 6.54 Å². The summed E-state index contributed by atoms with van der Waals surface area (Å²) in [5.74, 6) is 1.18. The van der Waals surface area contributed by atoms with E-state index in [0.717, 1.165) is 44.6 Å². The van der Waals surface area contributed by atoms with Crippen LogP contribution in [0.5, 0.6) is 0 Å². The third kappa shape index (κ3) is 3.12. The molecule has 2 aromatic rings. The zero-order chi connectivity index (χ0) is 16.4. The maximum atomic E-state index is 11.9. The summed E-state index contributed by atoms with van der Waals surface area (Å²) in [5.41, 5.74) is 0.932. The molecule has 2 saturated heterocycles. The molecule has 0 saturated carbocycles. The molecule has 4 rings (SSSR count). The molecule has 0 unspecified atom stereocenters. The predicted molar refractivity (Wildman–Crippen MR) is 88.1 cm³/mol. The van der Waals surface area contributed by atoms with Crippen LogP contribution in [0.1, 0.15) is 18.7 Å². The molecule has 0 bridgehead atoms. The van der Waals surface area contributed by atoms with Crippen molar-refractivity contribution in [1.29, 1.82) is 0 Å². The summed E-state index contributed by atoms with van der Waals surface area (Å²) >= 11 is 0. The van der Waals surface area contributed by atoms with Crippen molar-refractivity contribution in [2.75, 3.05) is 26.2 Å². The van der Waals surface area contributed by atoms with E-state index < -0.39 is 0 Å². The highest BCUT2D eigenvalue weighted by atomic mass is 16.4. The Morgan fingerprint density at radius 1 is 1.21 bits per heavy atom. The van der Waals surface area contributed by atoms with Gasteiger partial charge in [-0.3, -0.25) is 4.90 Å². The van der Waals surface area contributed by atoms with Crippen LogP contribution in [0.15, 0.2) is 34.7 Å². The van der Waals surface area contributed by atoms with Crippen LogP contribution in [0.2, 0.25) is 0 Å². The second-order valence-electron chi connectivity index (χ2n) is 6.32. The number of aromatic nitrogens is 2. The average Bonchev–Trinajstić information content (AvgIpc) is 3.25. The van der Waals surface area contributed by atoms with Gasteiger partial charge in [0, 0.05) is 31.2 Å². The first-order chi connectivity index (χ1) is 11.8. The fourth-order valence-electron chi connectivity index (χ4n) is 3.47. The van der Waals surface area contributed by atoms with E-state index in [2.05, 4.69) is 20.4 Å². The molecule has 24 heavy (non-hydrogen) atoms. The Kier molecular flexibility index (Phi) is 4.17. The lowest BCUT2D eigenvalue weighted by molar-refractivity contribution is 0.115. The molecule has 0 aliphatic carbocycles. The number of nitrogens with zero attached hydrogens (tertiary/aromatic N) is 4. The van der Waals surface area contributed by atoms with E-state index in [9.17, 15) is 4.79 Å². The highest BCUT2D eigenvalue weighted by Crippen LogP contribution is 2.21. The first-order valence-corrected chi connectivity index (χ1v) is 8.44. The third-order valence-electron chi connectivity index (χ3n) is 4.66. The summed E-state index contributed by atoms with van der Waals surface area (Å²) in [5, 5.41) is 11.2. The number of carbonyl (C=O) groups is 1. The molecule has 2 amide bonds. The highest BCUT2D eigenvalue weighted by molar-refractivity contribution is 5.76. The zero-order valence-corrected chi connectivity index (χ0v) is 13.5. The summed E-state index contributed by atoms with van der Waals surface area (Å²) < 4.78 is 5.80. The van der Waals surface area contributed by atoms with Crippen molar-refractivity contribution >= 4 is 6.03 Å². The first kappa shape index (κ1) is 15.1. The van der Waals surface area contributed by atoms with Gasteiger partial charge in [-0.05, 0) is 31.5 Å². The maximum Gasteiger partial charge on any atom is 0.317 e. The van der Waals surface area contributed by atoms with E-state index in [1.807, 2.05) is 35.2 Å². The van der Waals surface area contributed by atoms with E-state index in [4.69, 9.17) is 4.42 Å². The number of hydrogen-bond acceptors (Lipinski definition) is 5. The van der Waals surface area contributed by atoms with Gasteiger partial charge in [-0.2, -0.15) is 0 Å². The maximum absolute atomic E-state index is 11.9. The Bertz CT molecular complexity index is 702. The van der Waals surface area contributed by atoms with Crippen molar-refractivity contribution in [2.24, 2.45) is 0 Å². The monoisotopic (exact) mass is 327 g/mol. The van der Waals surface area contributed by atoms with Gasteiger partial charge in [0.15, 0.2) is 0 Å². The number of carbonyl (C=O) groups excluding carboxylic acids is 1. The second-order valence-corrected chi connectivity index (χ2v) is 6.32. The van der Waals surface area contributed by atoms with Crippen LogP contribution in [0.3, 0.4) is 0 Å². The van der Waals surface area contributed by atoms with Gasteiger partial charge < -0.3 is 14.6 Å². The Morgan fingerprint density at radius 2 is 2.08 bits per heavy atom. The van der Waals surface area contributed by atoms with E-state index in [1.54, 1.807) is 0 Å². The van der Waals surface area contributed by atoms with Crippen molar-refractivity contribution in [3.63, 3.8) is 0 Å². The van der Waals surface area contributed by atoms with Crippen LogP contribution in [0.4, 0.5) is 4.79 Å². The molecule has 0 spiro atoms. The number of benzene rings is 1. The SMILES string of the molecule is O=C1NCCN1[C@H]1CCCN(Cc2nnc(-c3ccccc3)o2)C1. The summed E-state index contributed by atoms with van der Waals surface area (Å²) in [6, 6.07) is 10.1. The normalized spacial score (nSPS) is 21.9. The molecule has 7 heteroatoms. The van der Waals surface area contributed by atoms with Crippen molar-refractivity contribution in [2.45, 2.75) is 25.4 Å². The number of hydrogen-bond donors (Lipinski definition) is 1. The third-order valence-corrected chi connectivity index (χ3v) is 4.66. The minimum atomic E-state index is 0.0611. The van der Waals surface area contributed by atoms with Gasteiger partial charge >= 0.3 is 6.03 Å². The lowest BCUT2D eigenvalue weighted by atomic mass is 10.0. The zero-order valence-electron chi connectivity index (χ0n) is 13.5. The predicted octanol–water partition coefficient (Wildman–Crippen LogP) is 1.73. The van der Waals surface area contributed by atoms with E-state index in [-0.39, 0.29) is 12.1 Å². The minimum Gasteiger partial charge on any atom is -0.419 e. The number of urea groups is 1. The van der Waals surface area contributed by atoms with Gasteiger partial charge in [0.05, 0.1) is 6.54 Å². The number of rotatable bonds is 4. The molecule has 2 aliphatic heterocycles. The molecule has 1 N–H and O–H groups in total. The van der Waals surface area contributed by atoms with Crippen molar-refractivity contribution < 1.29 is 9.21 Å². The van der Waals surface area contributed by atoms with Crippen molar-refractivity contribution in [3.8, 4) is 11.5 Å². The standard InChI is InChI=1S/C17H21N5O2/c23-17-18-8-10-22(17)14-7-4-9-21(11-14)12-15-19-20-16(24-15)13-5-2-1-3-6-13/h1-3,5-6,14H,4,7-12H2,(H,18,23)/t14-/m0/s1. The quantitative estimate of drug-likeness (QED) is 0.925. The summed E-state index contributed by atoms with van der Waals surface area (Å²) in [6.45, 7) is 4.03. The highest BCUT2D eigenvalue weighted by Gasteiger charge is 2.31. The molecule has 7 nitrogen and oxygen atoms in total. The minimum absolute atomic E-state index is 0.0611. The largest absolute Gasteiger partial charge is 0.419 e. The lowest BCUT2D eigenvalue weighted by Gasteiger charge is -2.36. The molecule has 126 valence electrons. The number of likely N-dealkylation sites (tertiary alicyclic amines) is 1. The fourth-order valence-corrected chi connectivity index (χ4v) is 3.47. The Labute approximate surface area is 140 Å². The molecular weight excluding hydrogens is 306 g/mol. The topological polar surface area (TPSA) is 74.5 Å². The lowest BCUT2D eigenvalue weighted by Crippen LogP contribution is -2.48. The van der Waals surface area contributed by atoms with Crippen LogP contribution in [0, 0.1) is 0 Å². The molecule has 1 aromatic heterocycles. The van der Waals surface area contributed by atoms with E-state index >= 15 is 0 Å². The van der Waals surface area contributed by atoms with Gasteiger partial charge in [-0.25, -0.2) is 4.79 Å². The number of nitrogens with one attached hydrogen (secondary N) is 1. The second kappa shape index (κ2) is 6.60. The summed E-state index contributed by atoms with van der Waals surface area (Å²) in [7, 11) is 0. The number of piperidine rings is 1. The van der Waals surface area contributed by atoms with Gasteiger partial charge in [0.2, 0.25) is 11.8 Å². The van der Waals surface area contributed by atoms with Gasteiger partial charge in [-0.15, -0.1) is 10.2 Å². The number of amides is 2. The van der Waals surface area contributed by atoms with Crippen LogP contribution in [-0.4, -0.2) is 58.2 Å². The van der Waals surface area contributed by atoms with E-state index in [1.165, 1.54) is 0 Å². The molecule has 1 atom stereocenters. The fraction of sp³-hybridized carbons (Fsp3) is 0.471.